The lowest BCUT2D eigenvalue weighted by Gasteiger charge is -2.19. The van der Waals surface area contributed by atoms with Crippen LogP contribution in [0.3, 0.4) is 0 Å². The Kier molecular flexibility index (Phi) is 4.12. The Balaban J connectivity index is 1.92. The number of allylic oxidation sites excluding steroid dienone is 1. The van der Waals surface area contributed by atoms with Gasteiger partial charge in [0, 0.05) is 6.20 Å². The average molecular weight is 376 g/mol. The molecule has 0 saturated heterocycles. The molecule has 0 amide bonds. The van der Waals surface area contributed by atoms with Gasteiger partial charge in [0.1, 0.15) is 5.70 Å². The van der Waals surface area contributed by atoms with Crippen LogP contribution < -0.4 is 4.31 Å². The first-order chi connectivity index (χ1) is 13.0. The SMILES string of the molecule is Cc1ccc(/C=C2\C(=O)c3cccnc3N2S(=O)(=O)c2ccccc2)cc1. The summed E-state index contributed by atoms with van der Waals surface area (Å²) in [7, 11) is -3.98. The largest absolute Gasteiger partial charge is 0.287 e. The van der Waals surface area contributed by atoms with Gasteiger partial charge in [-0.1, -0.05) is 48.0 Å². The minimum absolute atomic E-state index is 0.0661. The molecule has 0 bridgehead atoms. The number of rotatable bonds is 3. The fraction of sp³-hybridized carbons (Fsp3) is 0.0476. The van der Waals surface area contributed by atoms with Crippen LogP contribution >= 0.6 is 0 Å². The van der Waals surface area contributed by atoms with Crippen LogP contribution in [0, 0.1) is 6.92 Å². The Labute approximate surface area is 157 Å². The molecule has 0 atom stereocenters. The van der Waals surface area contributed by atoms with Gasteiger partial charge >= 0.3 is 0 Å². The van der Waals surface area contributed by atoms with Crippen molar-refractivity contribution >= 4 is 27.7 Å². The quantitative estimate of drug-likeness (QED) is 0.652. The van der Waals surface area contributed by atoms with Gasteiger partial charge in [0.15, 0.2) is 5.82 Å². The summed E-state index contributed by atoms with van der Waals surface area (Å²) >= 11 is 0. The number of hydrogen-bond acceptors (Lipinski definition) is 4. The van der Waals surface area contributed by atoms with E-state index in [9.17, 15) is 13.2 Å². The van der Waals surface area contributed by atoms with Crippen LogP contribution in [0.4, 0.5) is 5.82 Å². The van der Waals surface area contributed by atoms with Crippen molar-refractivity contribution in [3.63, 3.8) is 0 Å². The zero-order valence-electron chi connectivity index (χ0n) is 14.5. The molecule has 134 valence electrons. The maximum atomic E-state index is 13.3. The molecule has 0 N–H and O–H groups in total. The van der Waals surface area contributed by atoms with Crippen molar-refractivity contribution in [2.75, 3.05) is 4.31 Å². The van der Waals surface area contributed by atoms with Crippen LogP contribution in [0.2, 0.25) is 0 Å². The summed E-state index contributed by atoms with van der Waals surface area (Å²) in [6, 6.07) is 18.8. The van der Waals surface area contributed by atoms with Crippen molar-refractivity contribution < 1.29 is 13.2 Å². The predicted octanol–water partition coefficient (Wildman–Crippen LogP) is 3.82. The van der Waals surface area contributed by atoms with Gasteiger partial charge in [0.05, 0.1) is 10.5 Å². The van der Waals surface area contributed by atoms with Crippen LogP contribution in [0.15, 0.2) is 83.5 Å². The van der Waals surface area contributed by atoms with Gasteiger partial charge < -0.3 is 0 Å². The second kappa shape index (κ2) is 6.48. The normalized spacial score (nSPS) is 15.2. The molecule has 2 aromatic carbocycles. The number of anilines is 1. The molecule has 6 heteroatoms. The van der Waals surface area contributed by atoms with E-state index in [2.05, 4.69) is 4.98 Å². The van der Waals surface area contributed by atoms with Crippen LogP contribution in [0.1, 0.15) is 21.5 Å². The van der Waals surface area contributed by atoms with Gasteiger partial charge in [-0.3, -0.25) is 4.79 Å². The van der Waals surface area contributed by atoms with E-state index in [-0.39, 0.29) is 27.8 Å². The third-order valence-electron chi connectivity index (χ3n) is 4.34. The molecular formula is C21H16N2O3S. The number of fused-ring (bicyclic) bond motifs is 1. The minimum atomic E-state index is -3.98. The topological polar surface area (TPSA) is 67.3 Å². The molecule has 1 aliphatic heterocycles. The van der Waals surface area contributed by atoms with Gasteiger partial charge in [0.2, 0.25) is 5.78 Å². The third kappa shape index (κ3) is 2.94. The van der Waals surface area contributed by atoms with Gasteiger partial charge in [-0.2, -0.15) is 0 Å². The van der Waals surface area contributed by atoms with Crippen molar-refractivity contribution in [1.29, 1.82) is 0 Å². The van der Waals surface area contributed by atoms with Gasteiger partial charge in [-0.25, -0.2) is 17.7 Å². The molecule has 0 saturated carbocycles. The standard InChI is InChI=1S/C21H16N2O3S/c1-15-9-11-16(12-10-15)14-19-20(24)18-8-5-13-22-21(18)23(19)27(25,26)17-6-3-2-4-7-17/h2-14H,1H3/b19-14+. The summed E-state index contributed by atoms with van der Waals surface area (Å²) in [6.07, 6.45) is 3.07. The van der Waals surface area contributed by atoms with Crippen LogP contribution in [0.5, 0.6) is 0 Å². The number of aromatic nitrogens is 1. The number of nitrogens with zero attached hydrogens (tertiary/aromatic N) is 2. The van der Waals surface area contributed by atoms with Crippen molar-refractivity contribution in [3.8, 4) is 0 Å². The Morgan fingerprint density at radius 2 is 1.63 bits per heavy atom. The van der Waals surface area contributed by atoms with E-state index in [0.29, 0.717) is 0 Å². The van der Waals surface area contributed by atoms with E-state index in [1.165, 1.54) is 18.3 Å². The van der Waals surface area contributed by atoms with Gasteiger partial charge in [-0.15, -0.1) is 0 Å². The number of sulfonamides is 1. The van der Waals surface area contributed by atoms with Crippen molar-refractivity contribution in [1.82, 2.24) is 4.98 Å². The van der Waals surface area contributed by atoms with E-state index < -0.39 is 10.0 Å². The Morgan fingerprint density at radius 3 is 2.33 bits per heavy atom. The Bertz CT molecular complexity index is 1150. The van der Waals surface area contributed by atoms with Gasteiger partial charge in [-0.05, 0) is 42.8 Å². The summed E-state index contributed by atoms with van der Waals surface area (Å²) in [4.78, 5) is 17.2. The second-order valence-corrected chi connectivity index (χ2v) is 8.01. The number of aryl methyl sites for hydroxylation is 1. The number of hydrogen-bond donors (Lipinski definition) is 0. The zero-order valence-corrected chi connectivity index (χ0v) is 15.3. The highest BCUT2D eigenvalue weighted by atomic mass is 32.2. The summed E-state index contributed by atoms with van der Waals surface area (Å²) in [6.45, 7) is 1.96. The summed E-state index contributed by atoms with van der Waals surface area (Å²) in [5.74, 6) is -0.233. The first kappa shape index (κ1) is 17.2. The highest BCUT2D eigenvalue weighted by molar-refractivity contribution is 7.93. The van der Waals surface area contributed by atoms with Crippen LogP contribution in [-0.2, 0) is 10.0 Å². The Hall–Kier alpha value is -3.25. The van der Waals surface area contributed by atoms with Crippen LogP contribution in [0.25, 0.3) is 6.08 Å². The van der Waals surface area contributed by atoms with E-state index in [1.54, 1.807) is 36.4 Å². The number of benzene rings is 2. The molecule has 3 aromatic rings. The number of carbonyl (C=O) groups is 1. The molecule has 27 heavy (non-hydrogen) atoms. The lowest BCUT2D eigenvalue weighted by Crippen LogP contribution is -2.29. The minimum Gasteiger partial charge on any atom is -0.287 e. The molecule has 0 unspecified atom stereocenters. The molecule has 2 heterocycles. The highest BCUT2D eigenvalue weighted by Gasteiger charge is 2.41. The van der Waals surface area contributed by atoms with Crippen molar-refractivity contribution in [2.45, 2.75) is 11.8 Å². The molecule has 1 aliphatic rings. The first-order valence-corrected chi connectivity index (χ1v) is 9.81. The smallest absolute Gasteiger partial charge is 0.270 e. The fourth-order valence-corrected chi connectivity index (χ4v) is 4.45. The van der Waals surface area contributed by atoms with E-state index in [1.807, 2.05) is 31.2 Å². The lowest BCUT2D eigenvalue weighted by atomic mass is 10.1. The monoisotopic (exact) mass is 376 g/mol. The highest BCUT2D eigenvalue weighted by Crippen LogP contribution is 2.38. The third-order valence-corrected chi connectivity index (χ3v) is 6.06. The molecule has 0 spiro atoms. The molecule has 0 radical (unpaired) electrons. The zero-order chi connectivity index (χ0) is 19.0. The maximum absolute atomic E-state index is 13.3. The fourth-order valence-electron chi connectivity index (χ4n) is 2.97. The number of ketones is 1. The summed E-state index contributed by atoms with van der Waals surface area (Å²) in [5, 5.41) is 0. The molecule has 4 rings (SSSR count). The Morgan fingerprint density at radius 1 is 0.926 bits per heavy atom. The summed E-state index contributed by atoms with van der Waals surface area (Å²) < 4.78 is 27.6. The van der Waals surface area contributed by atoms with E-state index in [4.69, 9.17) is 0 Å². The number of Topliss-reactive ketones (excluding diaryl/α,β-unsaturated/α-hetero) is 1. The van der Waals surface area contributed by atoms with E-state index >= 15 is 0 Å². The molecule has 1 aromatic heterocycles. The average Bonchev–Trinajstić information content (AvgIpc) is 2.97. The van der Waals surface area contributed by atoms with Crippen molar-refractivity contribution in [3.05, 3.63) is 95.3 Å². The molecule has 0 aliphatic carbocycles. The predicted molar refractivity (Wildman–Crippen MR) is 104 cm³/mol. The second-order valence-electron chi connectivity index (χ2n) is 6.23. The van der Waals surface area contributed by atoms with E-state index in [0.717, 1.165) is 15.4 Å². The molecule has 5 nitrogen and oxygen atoms in total. The lowest BCUT2D eigenvalue weighted by molar-refractivity contribution is 0.104. The molecular weight excluding hydrogens is 360 g/mol. The molecule has 0 fully saturated rings. The number of carbonyl (C=O) groups excluding carboxylic acids is 1. The maximum Gasteiger partial charge on any atom is 0.270 e. The first-order valence-electron chi connectivity index (χ1n) is 8.37. The summed E-state index contributed by atoms with van der Waals surface area (Å²) in [5.41, 5.74) is 2.16. The van der Waals surface area contributed by atoms with Crippen molar-refractivity contribution in [2.24, 2.45) is 0 Å². The van der Waals surface area contributed by atoms with Crippen LogP contribution in [-0.4, -0.2) is 19.2 Å². The van der Waals surface area contributed by atoms with Gasteiger partial charge in [0.25, 0.3) is 10.0 Å². The number of pyridine rings is 1.